The molecule has 4 nitrogen and oxygen atoms in total. The summed E-state index contributed by atoms with van der Waals surface area (Å²) < 4.78 is 29.4. The average molecular weight is 414 g/mol. The van der Waals surface area contributed by atoms with E-state index in [0.717, 1.165) is 11.0 Å². The fraction of sp³-hybridized carbons (Fsp3) is 0.739. The summed E-state index contributed by atoms with van der Waals surface area (Å²) in [5.74, 6) is -0.312. The van der Waals surface area contributed by atoms with Crippen LogP contribution in [0.5, 0.6) is 0 Å². The zero-order chi connectivity index (χ0) is 21.3. The van der Waals surface area contributed by atoms with Crippen molar-refractivity contribution in [2.24, 2.45) is 0 Å². The van der Waals surface area contributed by atoms with Gasteiger partial charge >= 0.3 is 0 Å². The molecule has 0 radical (unpaired) electrons. The lowest BCUT2D eigenvalue weighted by Gasteiger charge is -2.30. The highest BCUT2D eigenvalue weighted by Crippen LogP contribution is 2.13. The SMILES string of the molecule is CCCCCCCCCCCC[N+](C)(C)Cc1ccccc1.CCS(=O)(=O)[O-]. The van der Waals surface area contributed by atoms with Crippen LogP contribution in [0.4, 0.5) is 0 Å². The van der Waals surface area contributed by atoms with Crippen molar-refractivity contribution in [2.45, 2.75) is 84.6 Å². The Kier molecular flexibility index (Phi) is 15.4. The Balaban J connectivity index is 0.00000105. The van der Waals surface area contributed by atoms with Gasteiger partial charge in [0.1, 0.15) is 6.54 Å². The Morgan fingerprint density at radius 3 is 1.64 bits per heavy atom. The van der Waals surface area contributed by atoms with E-state index < -0.39 is 10.1 Å². The van der Waals surface area contributed by atoms with Crippen molar-refractivity contribution in [3.05, 3.63) is 35.9 Å². The Bertz CT molecular complexity index is 571. The molecule has 0 aromatic heterocycles. The Morgan fingerprint density at radius 1 is 0.786 bits per heavy atom. The third kappa shape index (κ3) is 18.5. The molecule has 0 amide bonds. The summed E-state index contributed by atoms with van der Waals surface area (Å²) in [6.07, 6.45) is 14.2. The van der Waals surface area contributed by atoms with Crippen molar-refractivity contribution >= 4 is 10.1 Å². The number of unbranched alkanes of at least 4 members (excludes halogenated alkanes) is 9. The molecule has 28 heavy (non-hydrogen) atoms. The summed E-state index contributed by atoms with van der Waals surface area (Å²) in [6.45, 7) is 6.05. The number of hydrogen-bond donors (Lipinski definition) is 0. The van der Waals surface area contributed by atoms with Gasteiger partial charge in [-0.2, -0.15) is 0 Å². The Morgan fingerprint density at radius 2 is 1.21 bits per heavy atom. The molecule has 1 aromatic carbocycles. The molecule has 0 spiro atoms. The highest BCUT2D eigenvalue weighted by Gasteiger charge is 2.14. The van der Waals surface area contributed by atoms with Gasteiger partial charge in [-0.25, -0.2) is 8.42 Å². The zero-order valence-electron chi connectivity index (χ0n) is 18.7. The predicted molar refractivity (Wildman–Crippen MR) is 119 cm³/mol. The van der Waals surface area contributed by atoms with Gasteiger partial charge in [0.05, 0.1) is 30.8 Å². The summed E-state index contributed by atoms with van der Waals surface area (Å²) >= 11 is 0. The molecular weight excluding hydrogens is 370 g/mol. The molecule has 0 atom stereocenters. The van der Waals surface area contributed by atoms with Gasteiger partial charge in [-0.3, -0.25) is 0 Å². The number of hydrogen-bond acceptors (Lipinski definition) is 3. The molecule has 0 aliphatic rings. The third-order valence-corrected chi connectivity index (χ3v) is 5.63. The molecule has 0 heterocycles. The average Bonchev–Trinajstić information content (AvgIpc) is 2.63. The zero-order valence-corrected chi connectivity index (χ0v) is 19.5. The van der Waals surface area contributed by atoms with E-state index >= 15 is 0 Å². The van der Waals surface area contributed by atoms with E-state index in [1.165, 1.54) is 83.2 Å². The molecule has 0 saturated heterocycles. The lowest BCUT2D eigenvalue weighted by atomic mass is 10.1. The van der Waals surface area contributed by atoms with Gasteiger partial charge in [0.25, 0.3) is 0 Å². The van der Waals surface area contributed by atoms with Crippen LogP contribution in [0.2, 0.25) is 0 Å². The quantitative estimate of drug-likeness (QED) is 0.222. The standard InChI is InChI=1S/C21H38N.C2H6O3S/c1-4-5-6-7-8-9-10-11-12-16-19-22(2,3)20-21-17-14-13-15-18-21;1-2-6(3,4)5/h13-15,17-18H,4-12,16,19-20H2,1-3H3;2H2,1H3,(H,3,4,5)/q+1;/p-1. The molecule has 0 N–H and O–H groups in total. The van der Waals surface area contributed by atoms with E-state index in [1.807, 2.05) is 0 Å². The normalized spacial score (nSPS) is 11.8. The van der Waals surface area contributed by atoms with Gasteiger partial charge in [0.2, 0.25) is 0 Å². The minimum atomic E-state index is -3.91. The van der Waals surface area contributed by atoms with Crippen molar-refractivity contribution in [3.8, 4) is 0 Å². The lowest BCUT2D eigenvalue weighted by molar-refractivity contribution is -0.903. The van der Waals surface area contributed by atoms with Gasteiger partial charge < -0.3 is 9.04 Å². The van der Waals surface area contributed by atoms with Crippen molar-refractivity contribution in [1.29, 1.82) is 0 Å². The first-order chi connectivity index (χ1) is 13.2. The van der Waals surface area contributed by atoms with Crippen LogP contribution < -0.4 is 0 Å². The first-order valence-electron chi connectivity index (χ1n) is 11.0. The van der Waals surface area contributed by atoms with E-state index in [1.54, 1.807) is 0 Å². The summed E-state index contributed by atoms with van der Waals surface area (Å²) in [7, 11) is 0.812. The molecule has 0 unspecified atom stereocenters. The largest absolute Gasteiger partial charge is 0.748 e. The maximum absolute atomic E-state index is 9.44. The third-order valence-electron chi connectivity index (χ3n) is 4.92. The smallest absolute Gasteiger partial charge is 0.104 e. The van der Waals surface area contributed by atoms with Crippen molar-refractivity contribution < 1.29 is 17.5 Å². The highest BCUT2D eigenvalue weighted by atomic mass is 32.2. The van der Waals surface area contributed by atoms with Crippen molar-refractivity contribution in [3.63, 3.8) is 0 Å². The molecule has 1 rings (SSSR count). The first-order valence-corrected chi connectivity index (χ1v) is 12.6. The van der Waals surface area contributed by atoms with Crippen molar-refractivity contribution in [2.75, 3.05) is 26.4 Å². The molecule has 0 aliphatic carbocycles. The summed E-state index contributed by atoms with van der Waals surface area (Å²) in [5, 5.41) is 0. The van der Waals surface area contributed by atoms with Gasteiger partial charge in [0, 0.05) is 11.3 Å². The predicted octanol–water partition coefficient (Wildman–Crippen LogP) is 5.74. The minimum absolute atomic E-state index is 0.312. The van der Waals surface area contributed by atoms with Crippen LogP contribution in [0, 0.1) is 0 Å². The van der Waals surface area contributed by atoms with Gasteiger partial charge in [0.15, 0.2) is 0 Å². The van der Waals surface area contributed by atoms with Crippen LogP contribution in [0.3, 0.4) is 0 Å². The van der Waals surface area contributed by atoms with E-state index in [0.29, 0.717) is 0 Å². The number of quaternary nitrogens is 1. The molecule has 5 heteroatoms. The maximum Gasteiger partial charge on any atom is 0.104 e. The second kappa shape index (κ2) is 15.9. The molecule has 0 fully saturated rings. The highest BCUT2D eigenvalue weighted by molar-refractivity contribution is 7.85. The van der Waals surface area contributed by atoms with E-state index in [2.05, 4.69) is 51.4 Å². The van der Waals surface area contributed by atoms with Crippen LogP contribution in [0.15, 0.2) is 30.3 Å². The number of rotatable bonds is 14. The van der Waals surface area contributed by atoms with Crippen LogP contribution in [-0.2, 0) is 16.7 Å². The second-order valence-electron chi connectivity index (χ2n) is 8.33. The molecular formula is C23H43NO3S. The van der Waals surface area contributed by atoms with Crippen molar-refractivity contribution in [1.82, 2.24) is 0 Å². The second-order valence-corrected chi connectivity index (χ2v) is 10.0. The van der Waals surface area contributed by atoms with Crippen LogP contribution >= 0.6 is 0 Å². The molecule has 0 aliphatic heterocycles. The lowest BCUT2D eigenvalue weighted by Crippen LogP contribution is -2.39. The molecule has 164 valence electrons. The van der Waals surface area contributed by atoms with Gasteiger partial charge in [-0.1, -0.05) is 95.5 Å². The summed E-state index contributed by atoms with van der Waals surface area (Å²) in [4.78, 5) is 0. The molecule has 0 saturated carbocycles. The fourth-order valence-corrected chi connectivity index (χ4v) is 3.18. The van der Waals surface area contributed by atoms with Crippen LogP contribution in [0.1, 0.15) is 83.6 Å². The van der Waals surface area contributed by atoms with Crippen LogP contribution in [0.25, 0.3) is 0 Å². The topological polar surface area (TPSA) is 57.2 Å². The van der Waals surface area contributed by atoms with E-state index in [4.69, 9.17) is 0 Å². The van der Waals surface area contributed by atoms with E-state index in [9.17, 15) is 13.0 Å². The maximum atomic E-state index is 9.44. The Hall–Kier alpha value is -0.910. The number of nitrogens with zero attached hydrogens (tertiary/aromatic N) is 1. The van der Waals surface area contributed by atoms with Gasteiger partial charge in [-0.05, 0) is 12.8 Å². The minimum Gasteiger partial charge on any atom is -0.748 e. The first kappa shape index (κ1) is 27.1. The summed E-state index contributed by atoms with van der Waals surface area (Å²) in [5.41, 5.74) is 1.46. The summed E-state index contributed by atoms with van der Waals surface area (Å²) in [6, 6.07) is 10.9. The monoisotopic (exact) mass is 413 g/mol. The Labute approximate surface area is 174 Å². The molecule has 0 bridgehead atoms. The van der Waals surface area contributed by atoms with E-state index in [-0.39, 0.29) is 5.75 Å². The fourth-order valence-electron chi connectivity index (χ4n) is 3.18. The van der Waals surface area contributed by atoms with Crippen LogP contribution in [-0.4, -0.2) is 43.8 Å². The molecule has 1 aromatic rings. The van der Waals surface area contributed by atoms with Gasteiger partial charge in [-0.15, -0.1) is 0 Å². The number of benzene rings is 1.